The summed E-state index contributed by atoms with van der Waals surface area (Å²) < 4.78 is 5.12. The van der Waals surface area contributed by atoms with Gasteiger partial charge in [-0.1, -0.05) is 18.2 Å². The van der Waals surface area contributed by atoms with E-state index in [0.29, 0.717) is 16.3 Å². The van der Waals surface area contributed by atoms with Gasteiger partial charge in [-0.25, -0.2) is 4.98 Å². The maximum atomic E-state index is 12.6. The first-order chi connectivity index (χ1) is 12.2. The average molecular weight is 349 g/mol. The van der Waals surface area contributed by atoms with Crippen LogP contribution in [-0.2, 0) is 0 Å². The number of benzene rings is 2. The lowest BCUT2D eigenvalue weighted by molar-refractivity contribution is 0.103. The van der Waals surface area contributed by atoms with Crippen molar-refractivity contribution in [1.82, 2.24) is 4.98 Å². The second-order valence-corrected chi connectivity index (χ2v) is 6.56. The molecule has 4 aromatic rings. The Morgan fingerprint density at radius 2 is 1.92 bits per heavy atom. The van der Waals surface area contributed by atoms with Gasteiger partial charge in [-0.15, -0.1) is 11.3 Å². The van der Waals surface area contributed by atoms with Crippen molar-refractivity contribution in [3.05, 3.63) is 59.5 Å². The molecule has 0 spiro atoms. The lowest BCUT2D eigenvalue weighted by Crippen LogP contribution is -2.11. The molecule has 0 bridgehead atoms. The van der Waals surface area contributed by atoms with Crippen molar-refractivity contribution in [2.24, 2.45) is 0 Å². The molecule has 0 aliphatic heterocycles. The van der Waals surface area contributed by atoms with E-state index in [1.165, 1.54) is 11.3 Å². The van der Waals surface area contributed by atoms with Gasteiger partial charge in [-0.05, 0) is 36.4 Å². The SMILES string of the molecule is COc1ccc(NC(=O)c2sc3nc4ccccc4cc3c2N)cc1. The Bertz CT molecular complexity index is 1090. The molecule has 1 amide bonds. The number of anilines is 2. The Kier molecular flexibility index (Phi) is 3.74. The highest BCUT2D eigenvalue weighted by Gasteiger charge is 2.18. The number of carbonyl (C=O) groups is 1. The number of carbonyl (C=O) groups excluding carboxylic acids is 1. The minimum atomic E-state index is -0.241. The molecule has 2 heterocycles. The summed E-state index contributed by atoms with van der Waals surface area (Å²) in [6.45, 7) is 0. The number of nitrogens with one attached hydrogen (secondary N) is 1. The van der Waals surface area contributed by atoms with E-state index < -0.39 is 0 Å². The maximum absolute atomic E-state index is 12.6. The normalized spacial score (nSPS) is 10.9. The molecule has 0 saturated carbocycles. The van der Waals surface area contributed by atoms with Gasteiger partial charge in [0.25, 0.3) is 5.91 Å². The van der Waals surface area contributed by atoms with E-state index in [4.69, 9.17) is 10.5 Å². The molecule has 0 fully saturated rings. The molecule has 5 nitrogen and oxygen atoms in total. The van der Waals surface area contributed by atoms with E-state index in [1.807, 2.05) is 30.3 Å². The number of methoxy groups -OCH3 is 1. The summed E-state index contributed by atoms with van der Waals surface area (Å²) in [6.07, 6.45) is 0. The van der Waals surface area contributed by atoms with Gasteiger partial charge in [0.15, 0.2) is 0 Å². The number of pyridine rings is 1. The van der Waals surface area contributed by atoms with Crippen LogP contribution in [-0.4, -0.2) is 18.0 Å². The van der Waals surface area contributed by atoms with Crippen LogP contribution in [0.1, 0.15) is 9.67 Å². The zero-order valence-corrected chi connectivity index (χ0v) is 14.3. The van der Waals surface area contributed by atoms with Crippen molar-refractivity contribution in [3.8, 4) is 5.75 Å². The van der Waals surface area contributed by atoms with E-state index in [2.05, 4.69) is 10.3 Å². The second-order valence-electron chi connectivity index (χ2n) is 5.56. The number of fused-ring (bicyclic) bond motifs is 2. The fourth-order valence-corrected chi connectivity index (χ4v) is 3.65. The minimum Gasteiger partial charge on any atom is -0.497 e. The Morgan fingerprint density at radius 1 is 1.16 bits per heavy atom. The zero-order valence-electron chi connectivity index (χ0n) is 13.4. The third-order valence-electron chi connectivity index (χ3n) is 3.98. The van der Waals surface area contributed by atoms with E-state index in [0.717, 1.165) is 26.9 Å². The molecule has 0 unspecified atom stereocenters. The number of aromatic nitrogens is 1. The summed E-state index contributed by atoms with van der Waals surface area (Å²) >= 11 is 1.30. The zero-order chi connectivity index (χ0) is 17.4. The number of hydrogen-bond donors (Lipinski definition) is 2. The Balaban J connectivity index is 1.71. The van der Waals surface area contributed by atoms with Gasteiger partial charge in [0.05, 0.1) is 18.3 Å². The first-order valence-electron chi connectivity index (χ1n) is 7.69. The predicted molar refractivity (Wildman–Crippen MR) is 102 cm³/mol. The molecule has 25 heavy (non-hydrogen) atoms. The molecule has 6 heteroatoms. The molecule has 0 saturated heterocycles. The van der Waals surface area contributed by atoms with Crippen molar-refractivity contribution < 1.29 is 9.53 Å². The summed E-state index contributed by atoms with van der Waals surface area (Å²) in [5.41, 5.74) is 8.25. The van der Waals surface area contributed by atoms with Crippen LogP contribution in [0.2, 0.25) is 0 Å². The molecule has 124 valence electrons. The van der Waals surface area contributed by atoms with Crippen LogP contribution in [0.5, 0.6) is 5.75 Å². The number of ether oxygens (including phenoxy) is 1. The van der Waals surface area contributed by atoms with Crippen LogP contribution in [0.3, 0.4) is 0 Å². The molecule has 0 aliphatic carbocycles. The van der Waals surface area contributed by atoms with Gasteiger partial charge < -0.3 is 15.8 Å². The summed E-state index contributed by atoms with van der Waals surface area (Å²) in [5.74, 6) is 0.491. The molecule has 2 aromatic heterocycles. The number of nitrogen functional groups attached to an aromatic ring is 1. The number of nitrogens with zero attached hydrogens (tertiary/aromatic N) is 1. The third kappa shape index (κ3) is 2.77. The number of para-hydroxylation sites is 1. The predicted octanol–water partition coefficient (Wildman–Crippen LogP) is 4.29. The average Bonchev–Trinajstić information content (AvgIpc) is 2.96. The third-order valence-corrected chi connectivity index (χ3v) is 5.09. The summed E-state index contributed by atoms with van der Waals surface area (Å²) in [7, 11) is 1.60. The van der Waals surface area contributed by atoms with Gasteiger partial charge in [0.2, 0.25) is 0 Å². The Labute approximate surface area is 148 Å². The summed E-state index contributed by atoms with van der Waals surface area (Å²) in [5, 5.41) is 4.67. The molecule has 2 aromatic carbocycles. The smallest absolute Gasteiger partial charge is 0.267 e. The molecule has 3 N–H and O–H groups in total. The van der Waals surface area contributed by atoms with Crippen LogP contribution in [0.25, 0.3) is 21.1 Å². The van der Waals surface area contributed by atoms with E-state index in [-0.39, 0.29) is 5.91 Å². The second kappa shape index (κ2) is 6.07. The topological polar surface area (TPSA) is 77.2 Å². The molecule has 0 aliphatic rings. The summed E-state index contributed by atoms with van der Waals surface area (Å²) in [6, 6.07) is 17.0. The van der Waals surface area contributed by atoms with Crippen LogP contribution < -0.4 is 15.8 Å². The van der Waals surface area contributed by atoms with Crippen LogP contribution in [0.4, 0.5) is 11.4 Å². The number of thiophene rings is 1. The highest BCUT2D eigenvalue weighted by atomic mass is 32.1. The van der Waals surface area contributed by atoms with E-state index >= 15 is 0 Å². The number of hydrogen-bond acceptors (Lipinski definition) is 5. The van der Waals surface area contributed by atoms with Gasteiger partial charge in [-0.3, -0.25) is 4.79 Å². The van der Waals surface area contributed by atoms with Crippen molar-refractivity contribution >= 4 is 49.7 Å². The maximum Gasteiger partial charge on any atom is 0.267 e. The molecular weight excluding hydrogens is 334 g/mol. The Hall–Kier alpha value is -3.12. The molecule has 4 rings (SSSR count). The fraction of sp³-hybridized carbons (Fsp3) is 0.0526. The highest BCUT2D eigenvalue weighted by molar-refractivity contribution is 7.21. The standard InChI is InChI=1S/C19H15N3O2S/c1-24-13-8-6-12(7-9-13)21-18(23)17-16(20)14-10-11-4-2-3-5-15(11)22-19(14)25-17/h2-10H,20H2,1H3,(H,21,23). The monoisotopic (exact) mass is 349 g/mol. The van der Waals surface area contributed by atoms with Gasteiger partial charge >= 0.3 is 0 Å². The van der Waals surface area contributed by atoms with E-state index in [1.54, 1.807) is 31.4 Å². The largest absolute Gasteiger partial charge is 0.497 e. The molecular formula is C19H15N3O2S. The van der Waals surface area contributed by atoms with Crippen molar-refractivity contribution in [2.75, 3.05) is 18.2 Å². The first kappa shape index (κ1) is 15.4. The van der Waals surface area contributed by atoms with Gasteiger partial charge in [0, 0.05) is 16.5 Å². The quantitative estimate of drug-likeness (QED) is 0.578. The molecule has 0 atom stereocenters. The number of amides is 1. The van der Waals surface area contributed by atoms with Crippen LogP contribution >= 0.6 is 11.3 Å². The number of nitrogens with two attached hydrogens (primary N) is 1. The lowest BCUT2D eigenvalue weighted by atomic mass is 10.1. The van der Waals surface area contributed by atoms with Gasteiger partial charge in [-0.2, -0.15) is 0 Å². The number of rotatable bonds is 3. The first-order valence-corrected chi connectivity index (χ1v) is 8.50. The van der Waals surface area contributed by atoms with Gasteiger partial charge in [0.1, 0.15) is 15.5 Å². The van der Waals surface area contributed by atoms with Crippen LogP contribution in [0, 0.1) is 0 Å². The van der Waals surface area contributed by atoms with E-state index in [9.17, 15) is 4.79 Å². The minimum absolute atomic E-state index is 0.241. The summed E-state index contributed by atoms with van der Waals surface area (Å²) in [4.78, 5) is 18.5. The molecule has 0 radical (unpaired) electrons. The van der Waals surface area contributed by atoms with Crippen LogP contribution in [0.15, 0.2) is 54.6 Å². The van der Waals surface area contributed by atoms with Crippen molar-refractivity contribution in [1.29, 1.82) is 0 Å². The lowest BCUT2D eigenvalue weighted by Gasteiger charge is -2.05. The van der Waals surface area contributed by atoms with Crippen molar-refractivity contribution in [3.63, 3.8) is 0 Å². The van der Waals surface area contributed by atoms with Crippen molar-refractivity contribution in [2.45, 2.75) is 0 Å². The Morgan fingerprint density at radius 3 is 2.68 bits per heavy atom. The fourth-order valence-electron chi connectivity index (χ4n) is 2.67. The highest BCUT2D eigenvalue weighted by Crippen LogP contribution is 2.35.